The number of pyridine rings is 1. The summed E-state index contributed by atoms with van der Waals surface area (Å²) in [6, 6.07) is 6.00. The fraction of sp³-hybridized carbons (Fsp3) is 0.688. The van der Waals surface area contributed by atoms with E-state index in [0.29, 0.717) is 0 Å². The second-order valence-electron chi connectivity index (χ2n) is 5.02. The molecule has 0 saturated heterocycles. The Balaban J connectivity index is 0.00000324. The van der Waals surface area contributed by atoms with Gasteiger partial charge in [0, 0.05) is 18.6 Å². The molecule has 0 spiro atoms. The van der Waals surface area contributed by atoms with Gasteiger partial charge in [-0.2, -0.15) is 0 Å². The maximum atomic E-state index is 9.22. The van der Waals surface area contributed by atoms with Crippen LogP contribution in [0.2, 0.25) is 0 Å². The molecule has 110 valence electrons. The van der Waals surface area contributed by atoms with Gasteiger partial charge in [0.25, 0.3) is 0 Å². The monoisotopic (exact) mass is 329 g/mol. The van der Waals surface area contributed by atoms with Crippen LogP contribution in [0.3, 0.4) is 0 Å². The fourth-order valence-electron chi connectivity index (χ4n) is 2.29. The van der Waals surface area contributed by atoms with Crippen molar-refractivity contribution in [1.82, 2.24) is 0 Å². The largest absolute Gasteiger partial charge is 1.00 e. The Kier molecular flexibility index (Phi) is 12.3. The van der Waals surface area contributed by atoms with Crippen LogP contribution in [0.4, 0.5) is 0 Å². The molecule has 1 aromatic heterocycles. The highest BCUT2D eigenvalue weighted by Crippen LogP contribution is 2.08. The normalized spacial score (nSPS) is 10.2. The van der Waals surface area contributed by atoms with E-state index in [1.54, 1.807) is 0 Å². The van der Waals surface area contributed by atoms with Gasteiger partial charge in [-0.15, -0.1) is 0 Å². The van der Waals surface area contributed by atoms with Crippen molar-refractivity contribution in [2.75, 3.05) is 0 Å². The van der Waals surface area contributed by atoms with E-state index < -0.39 is 0 Å². The molecule has 1 aromatic rings. The summed E-state index contributed by atoms with van der Waals surface area (Å²) in [5.74, 6) is 0. The number of unbranched alkanes of at least 4 members (excludes halogenated alkanes) is 7. The van der Waals surface area contributed by atoms with Crippen LogP contribution in [0.15, 0.2) is 24.4 Å². The molecule has 0 aliphatic rings. The van der Waals surface area contributed by atoms with Crippen LogP contribution in [0, 0.1) is 0 Å². The molecule has 0 aliphatic carbocycles. The Morgan fingerprint density at radius 1 is 0.947 bits per heavy atom. The van der Waals surface area contributed by atoms with Crippen LogP contribution in [-0.4, -0.2) is 5.11 Å². The first-order valence-corrected chi connectivity index (χ1v) is 7.46. The van der Waals surface area contributed by atoms with Crippen LogP contribution in [0.1, 0.15) is 64.0 Å². The lowest BCUT2D eigenvalue weighted by Crippen LogP contribution is -3.00. The first-order chi connectivity index (χ1) is 8.88. The summed E-state index contributed by atoms with van der Waals surface area (Å²) in [5, 5.41) is 9.22. The molecular weight excluding hydrogens is 302 g/mol. The molecule has 0 atom stereocenters. The summed E-state index contributed by atoms with van der Waals surface area (Å²) >= 11 is 0. The number of nitrogens with zero attached hydrogens (tertiary/aromatic N) is 1. The van der Waals surface area contributed by atoms with Gasteiger partial charge in [0.1, 0.15) is 13.2 Å². The van der Waals surface area contributed by atoms with E-state index in [0.717, 1.165) is 12.2 Å². The number of aryl methyl sites for hydroxylation is 1. The van der Waals surface area contributed by atoms with E-state index in [9.17, 15) is 5.11 Å². The zero-order valence-electron chi connectivity index (χ0n) is 12.2. The number of aliphatic hydroxyl groups is 1. The molecule has 1 rings (SSSR count). The predicted molar refractivity (Wildman–Crippen MR) is 75.2 cm³/mol. The summed E-state index contributed by atoms with van der Waals surface area (Å²) in [5.41, 5.74) is 1.01. The lowest BCUT2D eigenvalue weighted by Gasteiger charge is -2.02. The standard InChI is InChI=1S/C16H28NO.BrH/c1-2-3-4-5-6-7-8-10-13-17-14-11-9-12-16(17)15-18;/h9,11-12,14,18H,2-8,10,13,15H2,1H3;1H/q+1;/p-1. The van der Waals surface area contributed by atoms with Gasteiger partial charge in [0.15, 0.2) is 6.20 Å². The minimum atomic E-state index is 0. The van der Waals surface area contributed by atoms with Gasteiger partial charge in [0.05, 0.1) is 0 Å². The molecule has 1 heterocycles. The van der Waals surface area contributed by atoms with Crippen molar-refractivity contribution in [3.63, 3.8) is 0 Å². The van der Waals surface area contributed by atoms with E-state index in [4.69, 9.17) is 0 Å². The van der Waals surface area contributed by atoms with E-state index in [-0.39, 0.29) is 23.6 Å². The zero-order valence-corrected chi connectivity index (χ0v) is 13.7. The number of hydrogen-bond donors (Lipinski definition) is 1. The second-order valence-corrected chi connectivity index (χ2v) is 5.02. The predicted octanol–water partition coefficient (Wildman–Crippen LogP) is 0.611. The molecule has 0 radical (unpaired) electrons. The second kappa shape index (κ2) is 12.6. The SMILES string of the molecule is CCCCCCCCCC[n+]1ccccc1CO.[Br-]. The van der Waals surface area contributed by atoms with Crippen LogP contribution in [0.25, 0.3) is 0 Å². The Hall–Kier alpha value is -0.410. The van der Waals surface area contributed by atoms with Crippen LogP contribution >= 0.6 is 0 Å². The molecule has 0 bridgehead atoms. The van der Waals surface area contributed by atoms with Crippen molar-refractivity contribution in [2.45, 2.75) is 71.4 Å². The highest BCUT2D eigenvalue weighted by Gasteiger charge is 2.06. The third kappa shape index (κ3) is 8.38. The van der Waals surface area contributed by atoms with Crippen molar-refractivity contribution in [3.8, 4) is 0 Å². The molecule has 3 heteroatoms. The number of rotatable bonds is 10. The van der Waals surface area contributed by atoms with Gasteiger partial charge < -0.3 is 22.1 Å². The van der Waals surface area contributed by atoms with Crippen molar-refractivity contribution in [2.24, 2.45) is 0 Å². The zero-order chi connectivity index (χ0) is 13.1. The van der Waals surface area contributed by atoms with E-state index in [1.807, 2.05) is 18.2 Å². The average Bonchev–Trinajstić information content (AvgIpc) is 2.42. The molecule has 0 fully saturated rings. The lowest BCUT2D eigenvalue weighted by atomic mass is 10.1. The Bertz CT molecular complexity index is 317. The summed E-state index contributed by atoms with van der Waals surface area (Å²) < 4.78 is 2.16. The number of aromatic nitrogens is 1. The van der Waals surface area contributed by atoms with Gasteiger partial charge >= 0.3 is 0 Å². The summed E-state index contributed by atoms with van der Waals surface area (Å²) in [6.45, 7) is 3.43. The topological polar surface area (TPSA) is 24.1 Å². The molecule has 0 unspecified atom stereocenters. The number of halogens is 1. The van der Waals surface area contributed by atoms with Gasteiger partial charge in [0.2, 0.25) is 5.69 Å². The van der Waals surface area contributed by atoms with Gasteiger partial charge in [-0.1, -0.05) is 51.5 Å². The van der Waals surface area contributed by atoms with Gasteiger partial charge in [-0.05, 0) is 6.42 Å². The van der Waals surface area contributed by atoms with E-state index >= 15 is 0 Å². The highest BCUT2D eigenvalue weighted by molar-refractivity contribution is 4.95. The first-order valence-electron chi connectivity index (χ1n) is 7.46. The third-order valence-electron chi connectivity index (χ3n) is 3.45. The quantitative estimate of drug-likeness (QED) is 0.493. The number of hydrogen-bond acceptors (Lipinski definition) is 1. The summed E-state index contributed by atoms with van der Waals surface area (Å²) in [6.07, 6.45) is 12.8. The van der Waals surface area contributed by atoms with Crippen molar-refractivity contribution in [1.29, 1.82) is 0 Å². The number of aliphatic hydroxyl groups excluding tert-OH is 1. The van der Waals surface area contributed by atoms with Crippen LogP contribution in [0.5, 0.6) is 0 Å². The fourth-order valence-corrected chi connectivity index (χ4v) is 2.29. The van der Waals surface area contributed by atoms with E-state index in [1.165, 1.54) is 51.4 Å². The molecule has 2 nitrogen and oxygen atoms in total. The minimum Gasteiger partial charge on any atom is -1.00 e. The van der Waals surface area contributed by atoms with Crippen LogP contribution in [-0.2, 0) is 13.2 Å². The van der Waals surface area contributed by atoms with Gasteiger partial charge in [-0.25, -0.2) is 4.57 Å². The Morgan fingerprint density at radius 3 is 2.21 bits per heavy atom. The maximum Gasteiger partial charge on any atom is 0.206 e. The minimum absolute atomic E-state index is 0. The molecule has 0 aromatic carbocycles. The molecular formula is C16H28BrNO. The van der Waals surface area contributed by atoms with E-state index in [2.05, 4.69) is 17.7 Å². The van der Waals surface area contributed by atoms with Crippen molar-refractivity contribution >= 4 is 0 Å². The molecule has 0 saturated carbocycles. The van der Waals surface area contributed by atoms with Crippen molar-refractivity contribution < 1.29 is 26.7 Å². The summed E-state index contributed by atoms with van der Waals surface area (Å²) in [7, 11) is 0. The van der Waals surface area contributed by atoms with Crippen molar-refractivity contribution in [3.05, 3.63) is 30.1 Å². The molecule has 1 N–H and O–H groups in total. The average molecular weight is 330 g/mol. The highest BCUT2D eigenvalue weighted by atomic mass is 79.9. The Morgan fingerprint density at radius 2 is 1.58 bits per heavy atom. The summed E-state index contributed by atoms with van der Waals surface area (Å²) in [4.78, 5) is 0. The first kappa shape index (κ1) is 18.6. The lowest BCUT2D eigenvalue weighted by molar-refractivity contribution is -0.706. The Labute approximate surface area is 128 Å². The smallest absolute Gasteiger partial charge is 0.206 e. The molecule has 0 amide bonds. The molecule has 0 aliphatic heterocycles. The van der Waals surface area contributed by atoms with Gasteiger partial charge in [-0.3, -0.25) is 0 Å². The third-order valence-corrected chi connectivity index (χ3v) is 3.45. The molecule has 19 heavy (non-hydrogen) atoms. The van der Waals surface area contributed by atoms with Crippen LogP contribution < -0.4 is 21.5 Å². The maximum absolute atomic E-state index is 9.22.